The molecule has 0 saturated carbocycles. The average molecular weight is 258 g/mol. The van der Waals surface area contributed by atoms with Crippen molar-refractivity contribution in [2.75, 3.05) is 0 Å². The van der Waals surface area contributed by atoms with E-state index in [1.807, 2.05) is 4.68 Å². The van der Waals surface area contributed by atoms with Crippen LogP contribution in [-0.4, -0.2) is 20.8 Å². The van der Waals surface area contributed by atoms with E-state index in [0.717, 1.165) is 18.9 Å². The normalized spacial score (nSPS) is 11.2. The molecule has 0 fully saturated rings. The summed E-state index contributed by atoms with van der Waals surface area (Å²) in [5.74, 6) is 0.845. The zero-order valence-electron chi connectivity index (χ0n) is 12.1. The van der Waals surface area contributed by atoms with Gasteiger partial charge in [-0.3, -0.25) is 0 Å². The zero-order valence-corrected chi connectivity index (χ0v) is 12.1. The van der Waals surface area contributed by atoms with Gasteiger partial charge in [-0.2, -0.15) is 5.10 Å². The third kappa shape index (κ3) is 4.17. The van der Waals surface area contributed by atoms with Crippen LogP contribution in [0.5, 0.6) is 0 Å². The van der Waals surface area contributed by atoms with Crippen LogP contribution in [0, 0.1) is 13.8 Å². The molecule has 0 radical (unpaired) electrons. The first-order chi connectivity index (χ1) is 9.02. The second kappa shape index (κ2) is 5.97. The summed E-state index contributed by atoms with van der Waals surface area (Å²) in [6, 6.07) is 7.02. The van der Waals surface area contributed by atoms with E-state index >= 15 is 0 Å². The first-order valence-corrected chi connectivity index (χ1v) is 6.72. The molecule has 1 heterocycles. The van der Waals surface area contributed by atoms with Crippen LogP contribution >= 0.6 is 0 Å². The van der Waals surface area contributed by atoms with Gasteiger partial charge in [0.2, 0.25) is 0 Å². The van der Waals surface area contributed by atoms with E-state index in [-0.39, 0.29) is 0 Å². The van der Waals surface area contributed by atoms with Crippen molar-refractivity contribution < 1.29 is 0 Å². The highest BCUT2D eigenvalue weighted by atomic mass is 15.3. The Bertz CT molecular complexity index is 523. The van der Waals surface area contributed by atoms with E-state index in [1.165, 1.54) is 16.7 Å². The summed E-state index contributed by atoms with van der Waals surface area (Å²) in [6.07, 6.45) is 1.80. The Balaban J connectivity index is 2.03. The number of aromatic nitrogens is 3. The minimum atomic E-state index is 0.450. The summed E-state index contributed by atoms with van der Waals surface area (Å²) in [7, 11) is 0. The predicted molar refractivity (Wildman–Crippen MR) is 77.0 cm³/mol. The molecule has 19 heavy (non-hydrogen) atoms. The Kier molecular flexibility index (Phi) is 4.32. The first kappa shape index (κ1) is 13.7. The number of aryl methyl sites for hydroxylation is 2. The van der Waals surface area contributed by atoms with Crippen molar-refractivity contribution >= 4 is 0 Å². The van der Waals surface area contributed by atoms with Crippen molar-refractivity contribution in [1.29, 1.82) is 0 Å². The molecule has 0 unspecified atom stereocenters. The molecule has 1 aromatic carbocycles. The Morgan fingerprint density at radius 1 is 1.16 bits per heavy atom. The van der Waals surface area contributed by atoms with Crippen LogP contribution in [0.3, 0.4) is 0 Å². The third-order valence-electron chi connectivity index (χ3n) is 2.88. The Hall–Kier alpha value is -1.68. The van der Waals surface area contributed by atoms with Crippen molar-refractivity contribution in [1.82, 2.24) is 20.1 Å². The smallest absolute Gasteiger partial charge is 0.164 e. The summed E-state index contributed by atoms with van der Waals surface area (Å²) in [4.78, 5) is 4.32. The van der Waals surface area contributed by atoms with Gasteiger partial charge in [-0.15, -0.1) is 0 Å². The van der Waals surface area contributed by atoms with Gasteiger partial charge in [-0.25, -0.2) is 9.67 Å². The lowest BCUT2D eigenvalue weighted by Crippen LogP contribution is -2.22. The second-order valence-corrected chi connectivity index (χ2v) is 5.39. The number of hydrogen-bond donors (Lipinski definition) is 1. The maximum Gasteiger partial charge on any atom is 0.164 e. The lowest BCUT2D eigenvalue weighted by Gasteiger charge is -2.05. The summed E-state index contributed by atoms with van der Waals surface area (Å²) in [5, 5.41) is 7.80. The highest BCUT2D eigenvalue weighted by Crippen LogP contribution is 2.10. The number of benzene rings is 1. The highest BCUT2D eigenvalue weighted by Gasteiger charge is 2.03. The second-order valence-electron chi connectivity index (χ2n) is 5.39. The number of rotatable bonds is 5. The van der Waals surface area contributed by atoms with E-state index in [4.69, 9.17) is 0 Å². The quantitative estimate of drug-likeness (QED) is 0.895. The van der Waals surface area contributed by atoms with Gasteiger partial charge >= 0.3 is 0 Å². The molecule has 0 saturated heterocycles. The van der Waals surface area contributed by atoms with E-state index in [0.29, 0.717) is 6.04 Å². The maximum atomic E-state index is 4.48. The van der Waals surface area contributed by atoms with E-state index in [2.05, 4.69) is 61.3 Å². The molecule has 102 valence electrons. The molecular weight excluding hydrogens is 236 g/mol. The molecule has 4 heteroatoms. The highest BCUT2D eigenvalue weighted by molar-refractivity contribution is 5.28. The molecule has 2 aromatic rings. The van der Waals surface area contributed by atoms with Crippen LogP contribution in [0.4, 0.5) is 0 Å². The molecule has 4 nitrogen and oxygen atoms in total. The number of hydrogen-bond acceptors (Lipinski definition) is 3. The van der Waals surface area contributed by atoms with Crippen LogP contribution in [0.1, 0.15) is 36.4 Å². The van der Waals surface area contributed by atoms with Gasteiger partial charge in [0.1, 0.15) is 6.33 Å². The Morgan fingerprint density at radius 3 is 2.47 bits per heavy atom. The molecule has 0 atom stereocenters. The number of nitrogens with zero attached hydrogens (tertiary/aromatic N) is 3. The van der Waals surface area contributed by atoms with Gasteiger partial charge in [-0.05, 0) is 19.4 Å². The van der Waals surface area contributed by atoms with Crippen LogP contribution < -0.4 is 5.32 Å². The lowest BCUT2D eigenvalue weighted by molar-refractivity contribution is 0.565. The van der Waals surface area contributed by atoms with Crippen molar-refractivity contribution in [3.63, 3.8) is 0 Å². The topological polar surface area (TPSA) is 42.7 Å². The minimum Gasteiger partial charge on any atom is -0.308 e. The molecule has 0 spiro atoms. The van der Waals surface area contributed by atoms with Crippen molar-refractivity contribution in [2.24, 2.45) is 0 Å². The Labute approximate surface area is 114 Å². The van der Waals surface area contributed by atoms with Gasteiger partial charge in [0.05, 0.1) is 13.1 Å². The van der Waals surface area contributed by atoms with Crippen LogP contribution in [0.15, 0.2) is 24.5 Å². The fourth-order valence-electron chi connectivity index (χ4n) is 2.13. The van der Waals surface area contributed by atoms with Crippen LogP contribution in [0.25, 0.3) is 0 Å². The summed E-state index contributed by atoms with van der Waals surface area (Å²) in [6.45, 7) is 9.97. The van der Waals surface area contributed by atoms with E-state index < -0.39 is 0 Å². The number of nitrogens with one attached hydrogen (secondary N) is 1. The fraction of sp³-hybridized carbons (Fsp3) is 0.467. The molecule has 0 amide bonds. The molecule has 1 N–H and O–H groups in total. The van der Waals surface area contributed by atoms with E-state index in [1.54, 1.807) is 6.33 Å². The molecule has 0 aliphatic heterocycles. The van der Waals surface area contributed by atoms with Crippen molar-refractivity contribution in [3.05, 3.63) is 47.0 Å². The lowest BCUT2D eigenvalue weighted by atomic mass is 10.1. The van der Waals surface area contributed by atoms with Gasteiger partial charge in [-0.1, -0.05) is 43.2 Å². The molecule has 0 aliphatic carbocycles. The summed E-state index contributed by atoms with van der Waals surface area (Å²) >= 11 is 0. The third-order valence-corrected chi connectivity index (χ3v) is 2.88. The molecular formula is C15H22N4. The standard InChI is InChI=1S/C15H22N4/c1-11(2)16-8-15-17-10-19(18-15)9-14-6-12(3)5-13(4)7-14/h5-7,10-11,16H,8-9H2,1-4H3. The first-order valence-electron chi connectivity index (χ1n) is 6.72. The van der Waals surface area contributed by atoms with Crippen LogP contribution in [0.2, 0.25) is 0 Å². The van der Waals surface area contributed by atoms with Crippen molar-refractivity contribution in [2.45, 2.75) is 46.8 Å². The van der Waals surface area contributed by atoms with Crippen molar-refractivity contribution in [3.8, 4) is 0 Å². The fourth-order valence-corrected chi connectivity index (χ4v) is 2.13. The molecule has 0 aliphatic rings. The Morgan fingerprint density at radius 2 is 1.84 bits per heavy atom. The summed E-state index contributed by atoms with van der Waals surface area (Å²) in [5.41, 5.74) is 3.85. The molecule has 1 aromatic heterocycles. The largest absolute Gasteiger partial charge is 0.308 e. The SMILES string of the molecule is Cc1cc(C)cc(Cn2cnc(CNC(C)C)n2)c1. The average Bonchev–Trinajstić information content (AvgIpc) is 2.72. The van der Waals surface area contributed by atoms with Gasteiger partial charge in [0.25, 0.3) is 0 Å². The van der Waals surface area contributed by atoms with Gasteiger partial charge < -0.3 is 5.32 Å². The zero-order chi connectivity index (χ0) is 13.8. The molecule has 0 bridgehead atoms. The van der Waals surface area contributed by atoms with E-state index in [9.17, 15) is 0 Å². The predicted octanol–water partition coefficient (Wildman–Crippen LogP) is 2.44. The minimum absolute atomic E-state index is 0.450. The molecule has 2 rings (SSSR count). The van der Waals surface area contributed by atoms with Gasteiger partial charge in [0, 0.05) is 6.04 Å². The van der Waals surface area contributed by atoms with Crippen LogP contribution in [-0.2, 0) is 13.1 Å². The monoisotopic (exact) mass is 258 g/mol. The van der Waals surface area contributed by atoms with Gasteiger partial charge in [0.15, 0.2) is 5.82 Å². The summed E-state index contributed by atoms with van der Waals surface area (Å²) < 4.78 is 1.89. The maximum absolute atomic E-state index is 4.48.